The monoisotopic (exact) mass is 271 g/mol. The van der Waals surface area contributed by atoms with Gasteiger partial charge in [0.05, 0.1) is 5.02 Å². The minimum Gasteiger partial charge on any atom is -0.457 e. The molecule has 0 N–H and O–H groups in total. The van der Waals surface area contributed by atoms with Gasteiger partial charge < -0.3 is 9.15 Å². The third-order valence-electron chi connectivity index (χ3n) is 2.87. The summed E-state index contributed by atoms with van der Waals surface area (Å²) in [7, 11) is 0. The molecule has 2 nitrogen and oxygen atoms in total. The maximum Gasteiger partial charge on any atom is 0.176 e. The van der Waals surface area contributed by atoms with Crippen molar-refractivity contribution in [2.24, 2.45) is 0 Å². The molecule has 2 aromatic carbocycles. The van der Waals surface area contributed by atoms with E-state index >= 15 is 0 Å². The van der Waals surface area contributed by atoms with Crippen molar-refractivity contribution in [2.45, 2.75) is 13.3 Å². The number of ether oxygens (including phenoxy) is 1. The highest BCUT2D eigenvalue weighted by molar-refractivity contribution is 6.30. The molecule has 3 heteroatoms. The predicted molar refractivity (Wildman–Crippen MR) is 76.0 cm³/mol. The van der Waals surface area contributed by atoms with Crippen molar-refractivity contribution < 1.29 is 9.15 Å². The lowest BCUT2D eigenvalue weighted by atomic mass is 10.2. The minimum absolute atomic E-state index is 0.526. The van der Waals surface area contributed by atoms with Crippen LogP contribution < -0.4 is 4.74 Å². The van der Waals surface area contributed by atoms with Crippen molar-refractivity contribution in [3.8, 4) is 11.5 Å². The summed E-state index contributed by atoms with van der Waals surface area (Å²) in [5.74, 6) is 2.32. The number of halogens is 1. The first-order valence-electron chi connectivity index (χ1n) is 6.13. The SMILES string of the molecule is CCc1cc2cccc(Oc3cc[c]c(Cl)c3)c2o1. The fourth-order valence-electron chi connectivity index (χ4n) is 1.95. The van der Waals surface area contributed by atoms with Crippen molar-refractivity contribution in [1.29, 1.82) is 0 Å². The van der Waals surface area contributed by atoms with Gasteiger partial charge in [0, 0.05) is 23.9 Å². The Morgan fingerprint density at radius 3 is 2.95 bits per heavy atom. The first-order valence-corrected chi connectivity index (χ1v) is 6.50. The van der Waals surface area contributed by atoms with Crippen LogP contribution in [-0.4, -0.2) is 0 Å². The molecule has 0 saturated carbocycles. The van der Waals surface area contributed by atoms with Crippen LogP contribution in [-0.2, 0) is 6.42 Å². The third-order valence-corrected chi connectivity index (χ3v) is 3.09. The molecule has 0 aliphatic carbocycles. The second-order valence-corrected chi connectivity index (χ2v) is 4.62. The van der Waals surface area contributed by atoms with Gasteiger partial charge in [0.15, 0.2) is 11.3 Å². The van der Waals surface area contributed by atoms with Crippen molar-refractivity contribution in [3.63, 3.8) is 0 Å². The summed E-state index contributed by atoms with van der Waals surface area (Å²) in [6, 6.07) is 16.0. The highest BCUT2D eigenvalue weighted by atomic mass is 35.5. The third kappa shape index (κ3) is 2.45. The first kappa shape index (κ1) is 12.1. The number of hydrogen-bond donors (Lipinski definition) is 0. The van der Waals surface area contributed by atoms with Crippen LogP contribution in [0.2, 0.25) is 5.02 Å². The van der Waals surface area contributed by atoms with Crippen LogP contribution in [0.4, 0.5) is 0 Å². The molecule has 0 atom stereocenters. The second kappa shape index (κ2) is 4.98. The van der Waals surface area contributed by atoms with E-state index < -0.39 is 0 Å². The lowest BCUT2D eigenvalue weighted by molar-refractivity contribution is 0.466. The van der Waals surface area contributed by atoms with Gasteiger partial charge >= 0.3 is 0 Å². The molecular formula is C16H12ClO2. The summed E-state index contributed by atoms with van der Waals surface area (Å²) >= 11 is 5.90. The van der Waals surface area contributed by atoms with Gasteiger partial charge in [-0.1, -0.05) is 30.7 Å². The van der Waals surface area contributed by atoms with Crippen molar-refractivity contribution in [1.82, 2.24) is 0 Å². The molecule has 95 valence electrons. The van der Waals surface area contributed by atoms with Gasteiger partial charge in [-0.05, 0) is 24.3 Å². The van der Waals surface area contributed by atoms with Crippen LogP contribution in [0.5, 0.6) is 11.5 Å². The van der Waals surface area contributed by atoms with Crippen molar-refractivity contribution in [2.75, 3.05) is 0 Å². The largest absolute Gasteiger partial charge is 0.457 e. The molecule has 0 fully saturated rings. The van der Waals surface area contributed by atoms with Gasteiger partial charge in [-0.15, -0.1) is 0 Å². The number of hydrogen-bond acceptors (Lipinski definition) is 2. The summed E-state index contributed by atoms with van der Waals surface area (Å²) in [5.41, 5.74) is 0.767. The van der Waals surface area contributed by atoms with Crippen LogP contribution in [0, 0.1) is 6.07 Å². The van der Waals surface area contributed by atoms with E-state index in [2.05, 4.69) is 13.0 Å². The molecule has 3 aromatic rings. The van der Waals surface area contributed by atoms with E-state index in [0.29, 0.717) is 16.5 Å². The molecule has 1 radical (unpaired) electrons. The number of benzene rings is 2. The molecule has 19 heavy (non-hydrogen) atoms. The molecule has 0 aliphatic heterocycles. The molecule has 3 rings (SSSR count). The van der Waals surface area contributed by atoms with Gasteiger partial charge in [0.1, 0.15) is 11.5 Å². The molecule has 0 amide bonds. The molecule has 0 aliphatic rings. The molecule has 0 unspecified atom stereocenters. The van der Waals surface area contributed by atoms with E-state index in [4.69, 9.17) is 20.8 Å². The number of furan rings is 1. The van der Waals surface area contributed by atoms with Crippen LogP contribution in [0.3, 0.4) is 0 Å². The Labute approximate surface area is 116 Å². The summed E-state index contributed by atoms with van der Waals surface area (Å²) in [5, 5.41) is 1.57. The fourth-order valence-corrected chi connectivity index (χ4v) is 2.12. The zero-order chi connectivity index (χ0) is 13.2. The quantitative estimate of drug-likeness (QED) is 0.650. The van der Waals surface area contributed by atoms with E-state index in [-0.39, 0.29) is 0 Å². The average Bonchev–Trinajstić information content (AvgIpc) is 2.83. The summed E-state index contributed by atoms with van der Waals surface area (Å²) < 4.78 is 11.6. The molecule has 1 aromatic heterocycles. The first-order chi connectivity index (χ1) is 9.26. The van der Waals surface area contributed by atoms with Gasteiger partial charge in [-0.25, -0.2) is 0 Å². The van der Waals surface area contributed by atoms with Crippen molar-refractivity contribution >= 4 is 22.6 Å². The van der Waals surface area contributed by atoms with Gasteiger partial charge in [0.25, 0.3) is 0 Å². The standard InChI is InChI=1S/C16H12ClO2/c1-2-13-9-11-5-3-8-15(16(11)19-13)18-14-7-4-6-12(17)10-14/h3-5,7-10H,2H2,1H3. The topological polar surface area (TPSA) is 22.4 Å². The summed E-state index contributed by atoms with van der Waals surface area (Å²) in [6.07, 6.45) is 0.861. The van der Waals surface area contributed by atoms with Gasteiger partial charge in [-0.2, -0.15) is 0 Å². The van der Waals surface area contributed by atoms with E-state index in [1.807, 2.05) is 30.3 Å². The van der Waals surface area contributed by atoms with Crippen LogP contribution in [0.1, 0.15) is 12.7 Å². The second-order valence-electron chi connectivity index (χ2n) is 4.22. The zero-order valence-electron chi connectivity index (χ0n) is 10.4. The Balaban J connectivity index is 2.02. The van der Waals surface area contributed by atoms with E-state index in [9.17, 15) is 0 Å². The molecule has 1 heterocycles. The van der Waals surface area contributed by atoms with E-state index in [1.165, 1.54) is 0 Å². The lowest BCUT2D eigenvalue weighted by Crippen LogP contribution is -1.84. The lowest BCUT2D eigenvalue weighted by Gasteiger charge is -2.06. The number of para-hydroxylation sites is 1. The summed E-state index contributed by atoms with van der Waals surface area (Å²) in [4.78, 5) is 0. The Morgan fingerprint density at radius 2 is 2.16 bits per heavy atom. The number of fused-ring (bicyclic) bond motifs is 1. The van der Waals surface area contributed by atoms with Gasteiger partial charge in [0.2, 0.25) is 0 Å². The Hall–Kier alpha value is -1.93. The Bertz CT molecular complexity index is 716. The Morgan fingerprint density at radius 1 is 1.26 bits per heavy atom. The smallest absolute Gasteiger partial charge is 0.176 e. The Kier molecular flexibility index (Phi) is 3.18. The van der Waals surface area contributed by atoms with Crippen molar-refractivity contribution in [3.05, 3.63) is 59.3 Å². The predicted octanol–water partition coefficient (Wildman–Crippen LogP) is 5.24. The summed E-state index contributed by atoms with van der Waals surface area (Å²) in [6.45, 7) is 2.06. The van der Waals surface area contributed by atoms with Crippen LogP contribution in [0.25, 0.3) is 11.0 Å². The molecule has 0 saturated heterocycles. The van der Waals surface area contributed by atoms with Crippen LogP contribution >= 0.6 is 11.6 Å². The maximum absolute atomic E-state index is 5.90. The highest BCUT2D eigenvalue weighted by Gasteiger charge is 2.09. The number of rotatable bonds is 3. The maximum atomic E-state index is 5.90. The zero-order valence-corrected chi connectivity index (χ0v) is 11.2. The highest BCUT2D eigenvalue weighted by Crippen LogP contribution is 2.32. The average molecular weight is 272 g/mol. The fraction of sp³-hybridized carbons (Fsp3) is 0.125. The van der Waals surface area contributed by atoms with Crippen LogP contribution in [0.15, 0.2) is 46.9 Å². The molecule has 0 bridgehead atoms. The van der Waals surface area contributed by atoms with E-state index in [0.717, 1.165) is 23.2 Å². The van der Waals surface area contributed by atoms with E-state index in [1.54, 1.807) is 12.1 Å². The minimum atomic E-state index is 0.526. The molecule has 0 spiro atoms. The molecular weight excluding hydrogens is 260 g/mol. The van der Waals surface area contributed by atoms with Gasteiger partial charge in [-0.3, -0.25) is 0 Å². The number of aryl methyl sites for hydroxylation is 1. The normalized spacial score (nSPS) is 10.8.